The molecule has 1 rings (SSSR count). The van der Waals surface area contributed by atoms with Crippen molar-refractivity contribution in [1.29, 1.82) is 0 Å². The van der Waals surface area contributed by atoms with E-state index in [1.54, 1.807) is 0 Å². The van der Waals surface area contributed by atoms with Gasteiger partial charge in [0, 0.05) is 0 Å². The van der Waals surface area contributed by atoms with E-state index in [1.165, 1.54) is 0 Å². The summed E-state index contributed by atoms with van der Waals surface area (Å²) in [6, 6.07) is 0. The number of rotatable bonds is 0. The molecule has 1 atom stereocenters. The molecule has 0 amide bonds. The van der Waals surface area contributed by atoms with Gasteiger partial charge in [0.2, 0.25) is 0 Å². The molecule has 2 nitrogen and oxygen atoms in total. The molecule has 0 aromatic rings. The van der Waals surface area contributed by atoms with Gasteiger partial charge in [-0.15, -0.1) is 0 Å². The standard InChI is InChI=1S/C3H6N2.3ClH.Ti/c1-5-2-4-3-5;;;;/h2H,3H2,1H3;3*1H;/q;;;;+1/p-3. The fourth-order valence-corrected chi connectivity index (χ4v) is 0.582. The third-order valence-electron chi connectivity index (χ3n) is 0.712. The van der Waals surface area contributed by atoms with Gasteiger partial charge in [0.05, 0.1) is 0 Å². The predicted octanol–water partition coefficient (Wildman–Crippen LogP) is -9.09. The van der Waals surface area contributed by atoms with E-state index >= 15 is 0 Å². The Hall–Kier alpha value is 1.21. The van der Waals surface area contributed by atoms with Crippen molar-refractivity contribution < 1.29 is 60.9 Å². The monoisotopic (exact) mass is 223 g/mol. The van der Waals surface area contributed by atoms with E-state index in [2.05, 4.69) is 32.7 Å². The predicted molar refractivity (Wildman–Crippen MR) is 19.5 cm³/mol. The fraction of sp³-hybridized carbons (Fsp3) is 0.667. The Labute approximate surface area is 85.6 Å². The third kappa shape index (κ3) is 5.65. The topological polar surface area (TPSA) is 12.4 Å². The van der Waals surface area contributed by atoms with E-state index in [0.29, 0.717) is 0 Å². The van der Waals surface area contributed by atoms with Crippen molar-refractivity contribution in [3.63, 3.8) is 0 Å². The summed E-state index contributed by atoms with van der Waals surface area (Å²) in [5, 5.41) is 0. The van der Waals surface area contributed by atoms with Crippen LogP contribution in [0.15, 0.2) is 4.99 Å². The Morgan fingerprint density at radius 1 is 1.44 bits per heavy atom. The Balaban J connectivity index is -0.000000120. The minimum absolute atomic E-state index is 0. The molecule has 1 aliphatic rings. The number of nitrogens with zero attached hydrogens (tertiary/aromatic N) is 2. The van der Waals surface area contributed by atoms with E-state index in [-0.39, 0.29) is 37.2 Å². The molecule has 9 heavy (non-hydrogen) atoms. The average Bonchev–Trinajstić information content (AvgIpc) is 1.32. The second-order valence-corrected chi connectivity index (χ2v) is 3.30. The van der Waals surface area contributed by atoms with Crippen molar-refractivity contribution >= 4 is 6.34 Å². The summed E-state index contributed by atoms with van der Waals surface area (Å²) in [7, 11) is 2.12. The molecule has 55 valence electrons. The maximum absolute atomic E-state index is 3.92. The van der Waals surface area contributed by atoms with Gasteiger partial charge in [0.15, 0.2) is 0 Å². The third-order valence-corrected chi connectivity index (χ3v) is 1.11. The summed E-state index contributed by atoms with van der Waals surface area (Å²) < 4.78 is 0.958. The Morgan fingerprint density at radius 2 is 1.67 bits per heavy atom. The fourth-order valence-electron chi connectivity index (χ4n) is 0.327. The molecule has 0 spiro atoms. The van der Waals surface area contributed by atoms with E-state index in [0.717, 1.165) is 9.63 Å². The zero-order chi connectivity index (χ0) is 4.62. The van der Waals surface area contributed by atoms with Crippen LogP contribution in [0.1, 0.15) is 0 Å². The minimum Gasteiger partial charge on any atom is -1.00 e. The van der Waals surface area contributed by atoms with E-state index < -0.39 is 0 Å². The van der Waals surface area contributed by atoms with Crippen molar-refractivity contribution in [3.05, 3.63) is 0 Å². The van der Waals surface area contributed by atoms with Crippen LogP contribution in [0.4, 0.5) is 0 Å². The SMILES string of the molecule is C[N+]1([Ti])C=NC1.[Cl-].[Cl-].[Cl-]. The first kappa shape index (κ1) is 16.7. The van der Waals surface area contributed by atoms with Crippen LogP contribution in [0.5, 0.6) is 0 Å². The zero-order valence-corrected chi connectivity index (χ0v) is 8.64. The number of hydrogen-bond acceptors (Lipinski definition) is 1. The van der Waals surface area contributed by atoms with Gasteiger partial charge < -0.3 is 37.2 Å². The smallest absolute Gasteiger partial charge is 1.00 e. The number of quaternary nitrogens is 1. The molecule has 0 fully saturated rings. The molecule has 1 unspecified atom stereocenters. The number of aliphatic imine (C=N–C) groups is 1. The van der Waals surface area contributed by atoms with Gasteiger partial charge in [-0.25, -0.2) is 0 Å². The van der Waals surface area contributed by atoms with Gasteiger partial charge in [-0.2, -0.15) is 0 Å². The molecule has 0 aliphatic carbocycles. The first-order valence-corrected chi connectivity index (χ1v) is 2.52. The van der Waals surface area contributed by atoms with E-state index in [4.69, 9.17) is 0 Å². The van der Waals surface area contributed by atoms with E-state index in [9.17, 15) is 0 Å². The van der Waals surface area contributed by atoms with Gasteiger partial charge in [-0.3, -0.25) is 0 Å². The molecule has 0 saturated carbocycles. The van der Waals surface area contributed by atoms with E-state index in [1.807, 2.05) is 6.34 Å². The van der Waals surface area contributed by atoms with Crippen molar-refractivity contribution in [3.8, 4) is 0 Å². The Kier molecular flexibility index (Phi) is 11.0. The first-order chi connectivity index (χ1) is 2.71. The largest absolute Gasteiger partial charge is 1.00 e. The first-order valence-electron chi connectivity index (χ1n) is 1.82. The molecule has 0 aromatic carbocycles. The maximum atomic E-state index is 3.92. The van der Waals surface area contributed by atoms with Crippen molar-refractivity contribution in [1.82, 2.24) is 0 Å². The van der Waals surface area contributed by atoms with Crippen LogP contribution in [-0.4, -0.2) is 23.0 Å². The summed E-state index contributed by atoms with van der Waals surface area (Å²) in [5.74, 6) is 0. The summed E-state index contributed by atoms with van der Waals surface area (Å²) >= 11 is 2.12. The molecule has 0 N–H and O–H groups in total. The van der Waals surface area contributed by atoms with Crippen molar-refractivity contribution in [2.24, 2.45) is 4.99 Å². The molecule has 6 heteroatoms. The Morgan fingerprint density at radius 3 is 1.67 bits per heavy atom. The normalized spacial score (nSPS) is 28.0. The zero-order valence-electron chi connectivity index (χ0n) is 4.81. The average molecular weight is 224 g/mol. The number of halogens is 3. The van der Waals surface area contributed by atoms with Crippen molar-refractivity contribution in [2.45, 2.75) is 0 Å². The maximum Gasteiger partial charge on any atom is -1.00 e. The van der Waals surface area contributed by atoms with Crippen molar-refractivity contribution in [2.75, 3.05) is 13.7 Å². The summed E-state index contributed by atoms with van der Waals surface area (Å²) in [5.41, 5.74) is 0. The second-order valence-electron chi connectivity index (χ2n) is 1.71. The van der Waals surface area contributed by atoms with Gasteiger partial charge in [0.25, 0.3) is 0 Å². The van der Waals surface area contributed by atoms with Crippen LogP contribution in [-0.2, 0) is 20.7 Å². The minimum atomic E-state index is 0. The molecule has 1 heterocycles. The summed E-state index contributed by atoms with van der Waals surface area (Å²) in [6.07, 6.45) is 1.93. The summed E-state index contributed by atoms with van der Waals surface area (Å²) in [6.45, 7) is 0.958. The summed E-state index contributed by atoms with van der Waals surface area (Å²) in [4.78, 5) is 3.92. The molecular weight excluding hydrogens is 218 g/mol. The number of hydrogen-bond donors (Lipinski definition) is 0. The molecular formula is C3H6Cl3N2Ti-2. The second kappa shape index (κ2) is 5.96. The van der Waals surface area contributed by atoms with Crippen LogP contribution in [0, 0.1) is 0 Å². The Bertz CT molecular complexity index is 95.1. The molecule has 0 aromatic heterocycles. The van der Waals surface area contributed by atoms with Gasteiger partial charge >= 0.3 is 48.7 Å². The molecule has 0 saturated heterocycles. The van der Waals surface area contributed by atoms with Crippen LogP contribution in [0.2, 0.25) is 0 Å². The quantitative estimate of drug-likeness (QED) is 0.362. The van der Waals surface area contributed by atoms with Gasteiger partial charge in [0.1, 0.15) is 0 Å². The molecule has 0 bridgehead atoms. The molecule has 1 aliphatic heterocycles. The van der Waals surface area contributed by atoms with Gasteiger partial charge in [-0.1, -0.05) is 0 Å². The van der Waals surface area contributed by atoms with Crippen LogP contribution >= 0.6 is 0 Å². The van der Waals surface area contributed by atoms with Gasteiger partial charge in [-0.05, 0) is 0 Å². The van der Waals surface area contributed by atoms with Crippen LogP contribution in [0.25, 0.3) is 0 Å². The molecule has 0 radical (unpaired) electrons. The van der Waals surface area contributed by atoms with Crippen LogP contribution in [0.3, 0.4) is 0 Å². The van der Waals surface area contributed by atoms with Crippen LogP contribution < -0.4 is 37.2 Å².